The highest BCUT2D eigenvalue weighted by atomic mass is 16.4. The molecule has 0 aliphatic rings. The van der Waals surface area contributed by atoms with E-state index >= 15 is 0 Å². The zero-order chi connectivity index (χ0) is 23.8. The lowest BCUT2D eigenvalue weighted by molar-refractivity contribution is -0.137. The van der Waals surface area contributed by atoms with Crippen LogP contribution in [-0.4, -0.2) is 103 Å². The van der Waals surface area contributed by atoms with Crippen LogP contribution >= 0.6 is 0 Å². The van der Waals surface area contributed by atoms with E-state index in [2.05, 4.69) is 6.92 Å². The number of aliphatic hydroxyl groups excluding tert-OH is 8. The predicted octanol–water partition coefficient (Wildman–Crippen LogP) is -0.622. The fourth-order valence-corrected chi connectivity index (χ4v) is 2.26. The number of carboxylic acid groups (broad SMARTS) is 1. The van der Waals surface area contributed by atoms with Gasteiger partial charge in [0.1, 0.15) is 24.4 Å². The van der Waals surface area contributed by atoms with Crippen LogP contribution in [0.15, 0.2) is 0 Å². The highest BCUT2D eigenvalue weighted by Gasteiger charge is 2.29. The molecular weight excluding hydrogens is 400 g/mol. The van der Waals surface area contributed by atoms with Crippen molar-refractivity contribution in [2.45, 2.75) is 95.5 Å². The predicted molar refractivity (Wildman–Crippen MR) is 112 cm³/mol. The molecule has 30 heavy (non-hydrogen) atoms. The van der Waals surface area contributed by atoms with Gasteiger partial charge in [0.15, 0.2) is 0 Å². The molecule has 0 amide bonds. The third-order valence-corrected chi connectivity index (χ3v) is 4.11. The van der Waals surface area contributed by atoms with E-state index in [0.717, 1.165) is 12.8 Å². The second-order valence-corrected chi connectivity index (χ2v) is 6.90. The summed E-state index contributed by atoms with van der Waals surface area (Å²) in [5, 5.41) is 75.8. The van der Waals surface area contributed by atoms with Crippen LogP contribution in [0.25, 0.3) is 0 Å². The van der Waals surface area contributed by atoms with Gasteiger partial charge in [-0.05, 0) is 6.42 Å². The summed E-state index contributed by atoms with van der Waals surface area (Å²) in [5.41, 5.74) is 0. The molecule has 10 nitrogen and oxygen atoms in total. The van der Waals surface area contributed by atoms with E-state index in [9.17, 15) is 4.79 Å². The molecule has 0 fully saturated rings. The normalized spacial score (nSPS) is 14.4. The fraction of sp³-hybridized carbons (Fsp3) is 0.950. The molecule has 184 valence electrons. The number of aliphatic carboxylic acids is 1. The van der Waals surface area contributed by atoms with Gasteiger partial charge < -0.3 is 46.0 Å². The molecule has 9 N–H and O–H groups in total. The van der Waals surface area contributed by atoms with Crippen molar-refractivity contribution >= 4 is 5.97 Å². The van der Waals surface area contributed by atoms with Gasteiger partial charge in [-0.2, -0.15) is 0 Å². The Morgan fingerprint density at radius 3 is 1.23 bits per heavy atom. The van der Waals surface area contributed by atoms with Gasteiger partial charge in [-0.25, -0.2) is 0 Å². The average Bonchev–Trinajstić information content (AvgIpc) is 2.76. The maximum Gasteiger partial charge on any atom is 0.303 e. The van der Waals surface area contributed by atoms with E-state index in [1.54, 1.807) is 0 Å². The summed E-state index contributed by atoms with van der Waals surface area (Å²) in [4.78, 5) is 10.2. The van der Waals surface area contributed by atoms with Crippen molar-refractivity contribution < 1.29 is 50.8 Å². The number of unbranched alkanes of at least 4 members (excludes halogenated alkanes) is 8. The summed E-state index contributed by atoms with van der Waals surface area (Å²) < 4.78 is 0. The van der Waals surface area contributed by atoms with Gasteiger partial charge in [0.05, 0.1) is 26.4 Å². The summed E-state index contributed by atoms with van der Waals surface area (Å²) >= 11 is 0. The van der Waals surface area contributed by atoms with E-state index < -0.39 is 43.6 Å². The zero-order valence-electron chi connectivity index (χ0n) is 18.1. The van der Waals surface area contributed by atoms with Gasteiger partial charge in [-0.1, -0.05) is 58.3 Å². The van der Waals surface area contributed by atoms with Crippen molar-refractivity contribution in [3.8, 4) is 0 Å². The van der Waals surface area contributed by atoms with E-state index in [-0.39, 0.29) is 13.2 Å². The Morgan fingerprint density at radius 1 is 0.633 bits per heavy atom. The molecule has 10 heteroatoms. The number of hydrogen-bond acceptors (Lipinski definition) is 9. The van der Waals surface area contributed by atoms with Gasteiger partial charge >= 0.3 is 5.97 Å². The standard InChI is InChI=1S/C12H24O2.C6H14O6.C2H6O2/c1-2-3-4-5-6-7-8-9-10-11-12(13)14;7-1-3(9)5(11)6(12)4(10)2-8;3-1-2-4/h2-11H2,1H3,(H,13,14);3-12H,1-2H2;3-4H,1-2H2. The Hall–Kier alpha value is -0.850. The molecule has 0 aliphatic carbocycles. The van der Waals surface area contributed by atoms with Crippen LogP contribution in [0, 0.1) is 0 Å². The number of rotatable bonds is 16. The lowest BCUT2D eigenvalue weighted by atomic mass is 10.0. The molecule has 0 aromatic rings. The zero-order valence-corrected chi connectivity index (χ0v) is 18.1. The maximum atomic E-state index is 10.2. The smallest absolute Gasteiger partial charge is 0.303 e. The van der Waals surface area contributed by atoms with E-state index in [1.165, 1.54) is 44.9 Å². The lowest BCUT2D eigenvalue weighted by Gasteiger charge is -2.24. The van der Waals surface area contributed by atoms with Gasteiger partial charge in [-0.15, -0.1) is 0 Å². The van der Waals surface area contributed by atoms with Crippen LogP contribution < -0.4 is 0 Å². The first-order valence-corrected chi connectivity index (χ1v) is 10.6. The summed E-state index contributed by atoms with van der Waals surface area (Å²) in [6.07, 6.45) is 5.09. The highest BCUT2D eigenvalue weighted by molar-refractivity contribution is 5.66. The minimum Gasteiger partial charge on any atom is -0.481 e. The van der Waals surface area contributed by atoms with Crippen molar-refractivity contribution in [3.05, 3.63) is 0 Å². The SMILES string of the molecule is CCCCCCCCCCCC(=O)O.OCC(O)C(O)C(O)C(O)CO.OCCO. The Bertz CT molecular complexity index is 328. The van der Waals surface area contributed by atoms with Gasteiger partial charge in [-0.3, -0.25) is 4.79 Å². The average molecular weight is 445 g/mol. The second kappa shape index (κ2) is 26.2. The fourth-order valence-electron chi connectivity index (χ4n) is 2.26. The van der Waals surface area contributed by atoms with Crippen molar-refractivity contribution in [1.29, 1.82) is 0 Å². The van der Waals surface area contributed by atoms with Crippen LogP contribution in [0.3, 0.4) is 0 Å². The Labute approximate surface area is 179 Å². The molecule has 0 heterocycles. The van der Waals surface area contributed by atoms with Gasteiger partial charge in [0, 0.05) is 6.42 Å². The highest BCUT2D eigenvalue weighted by Crippen LogP contribution is 2.10. The van der Waals surface area contributed by atoms with Crippen LogP contribution in [0.1, 0.15) is 71.1 Å². The molecule has 4 unspecified atom stereocenters. The Kier molecular flexibility index (Phi) is 29.5. The van der Waals surface area contributed by atoms with Crippen LogP contribution in [-0.2, 0) is 4.79 Å². The van der Waals surface area contributed by atoms with E-state index in [1.807, 2.05) is 0 Å². The van der Waals surface area contributed by atoms with Gasteiger partial charge in [0.25, 0.3) is 0 Å². The molecule has 0 saturated heterocycles. The molecule has 0 bridgehead atoms. The Morgan fingerprint density at radius 2 is 0.967 bits per heavy atom. The van der Waals surface area contributed by atoms with Crippen molar-refractivity contribution in [3.63, 3.8) is 0 Å². The molecule has 0 rings (SSSR count). The van der Waals surface area contributed by atoms with Crippen LogP contribution in [0.2, 0.25) is 0 Å². The largest absolute Gasteiger partial charge is 0.481 e. The molecule has 0 saturated carbocycles. The van der Waals surface area contributed by atoms with Crippen molar-refractivity contribution in [2.24, 2.45) is 0 Å². The van der Waals surface area contributed by atoms with Crippen molar-refractivity contribution in [1.82, 2.24) is 0 Å². The van der Waals surface area contributed by atoms with Crippen LogP contribution in [0.5, 0.6) is 0 Å². The topological polar surface area (TPSA) is 199 Å². The summed E-state index contributed by atoms with van der Waals surface area (Å²) in [7, 11) is 0. The number of aliphatic hydroxyl groups is 8. The molecular formula is C20H44O10. The minimum atomic E-state index is -1.67. The maximum absolute atomic E-state index is 10.2. The lowest BCUT2D eigenvalue weighted by Crippen LogP contribution is -2.46. The van der Waals surface area contributed by atoms with E-state index in [0.29, 0.717) is 6.42 Å². The Balaban J connectivity index is -0.000000416. The number of carboxylic acids is 1. The van der Waals surface area contributed by atoms with Gasteiger partial charge in [0.2, 0.25) is 0 Å². The molecule has 0 aromatic carbocycles. The first-order valence-electron chi connectivity index (χ1n) is 10.6. The number of hydrogen-bond donors (Lipinski definition) is 9. The van der Waals surface area contributed by atoms with Crippen molar-refractivity contribution in [2.75, 3.05) is 26.4 Å². The quantitative estimate of drug-likeness (QED) is 0.138. The first-order chi connectivity index (χ1) is 14.2. The monoisotopic (exact) mass is 444 g/mol. The third-order valence-electron chi connectivity index (χ3n) is 4.11. The molecule has 0 aromatic heterocycles. The third kappa shape index (κ3) is 25.2. The molecule has 0 aliphatic heterocycles. The first kappa shape index (κ1) is 33.8. The summed E-state index contributed by atoms with van der Waals surface area (Å²) in [6, 6.07) is 0. The molecule has 0 spiro atoms. The second-order valence-electron chi connectivity index (χ2n) is 6.90. The summed E-state index contributed by atoms with van der Waals surface area (Å²) in [6.45, 7) is 0.526. The van der Waals surface area contributed by atoms with E-state index in [4.69, 9.17) is 46.0 Å². The molecule has 0 radical (unpaired) electrons. The van der Waals surface area contributed by atoms with Crippen LogP contribution in [0.4, 0.5) is 0 Å². The molecule has 4 atom stereocenters. The number of carbonyl (C=O) groups is 1. The minimum absolute atomic E-state index is 0.125. The summed E-state index contributed by atoms with van der Waals surface area (Å²) in [5.74, 6) is -0.659.